The van der Waals surface area contributed by atoms with E-state index in [1.807, 2.05) is 31.2 Å². The van der Waals surface area contributed by atoms with Crippen LogP contribution in [0.4, 0.5) is 5.69 Å². The molecule has 94 valence electrons. The zero-order valence-corrected chi connectivity index (χ0v) is 10.8. The Hall–Kier alpha value is -1.07. The predicted molar refractivity (Wildman–Crippen MR) is 69.8 cm³/mol. The number of hydrogen-bond donors (Lipinski definition) is 1. The Kier molecular flexibility index (Phi) is 3.69. The number of aryl methyl sites for hydroxylation is 1. The molecule has 1 aliphatic rings. The first kappa shape index (κ1) is 12.4. The fourth-order valence-electron chi connectivity index (χ4n) is 2.04. The average molecular weight is 254 g/mol. The fourth-order valence-corrected chi connectivity index (χ4v) is 3.57. The minimum absolute atomic E-state index is 0.168. The van der Waals surface area contributed by atoms with Crippen LogP contribution in [-0.4, -0.2) is 33.8 Å². The van der Waals surface area contributed by atoms with Gasteiger partial charge in [0.15, 0.2) is 0 Å². The Bertz CT molecular complexity index is 485. The van der Waals surface area contributed by atoms with Crippen LogP contribution < -0.4 is 9.62 Å². The molecule has 5 heteroatoms. The largest absolute Gasteiger partial charge is 0.316 e. The van der Waals surface area contributed by atoms with Crippen molar-refractivity contribution in [1.29, 1.82) is 0 Å². The molecule has 2 rings (SSSR count). The molecule has 4 nitrogen and oxygen atoms in total. The van der Waals surface area contributed by atoms with Crippen LogP contribution in [0.2, 0.25) is 0 Å². The van der Waals surface area contributed by atoms with Gasteiger partial charge in [0.05, 0.1) is 11.4 Å². The molecule has 0 unspecified atom stereocenters. The van der Waals surface area contributed by atoms with Crippen molar-refractivity contribution in [2.45, 2.75) is 13.3 Å². The van der Waals surface area contributed by atoms with Gasteiger partial charge in [-0.15, -0.1) is 0 Å². The highest BCUT2D eigenvalue weighted by atomic mass is 32.2. The van der Waals surface area contributed by atoms with Crippen molar-refractivity contribution >= 4 is 15.7 Å². The standard InChI is InChI=1S/C12H18N2O2S/c1-11-5-2-3-6-12(11)14-9-4-7-13-8-10-17(14,15)16/h2-3,5-6,13H,4,7-10H2,1H3. The molecule has 0 amide bonds. The lowest BCUT2D eigenvalue weighted by atomic mass is 10.2. The third kappa shape index (κ3) is 2.79. The molecule has 0 saturated carbocycles. The van der Waals surface area contributed by atoms with Gasteiger partial charge in [0, 0.05) is 13.1 Å². The first-order valence-corrected chi connectivity index (χ1v) is 7.49. The van der Waals surface area contributed by atoms with Crippen molar-refractivity contribution in [3.63, 3.8) is 0 Å². The quantitative estimate of drug-likeness (QED) is 0.817. The summed E-state index contributed by atoms with van der Waals surface area (Å²) in [6.07, 6.45) is 0.841. The second-order valence-electron chi connectivity index (χ2n) is 4.28. The highest BCUT2D eigenvalue weighted by molar-refractivity contribution is 7.92. The molecular weight excluding hydrogens is 236 g/mol. The molecule has 0 spiro atoms. The molecule has 1 fully saturated rings. The maximum Gasteiger partial charge on any atom is 0.236 e. The summed E-state index contributed by atoms with van der Waals surface area (Å²) in [5, 5.41) is 3.12. The highest BCUT2D eigenvalue weighted by Gasteiger charge is 2.24. The zero-order chi connectivity index (χ0) is 12.3. The van der Waals surface area contributed by atoms with Gasteiger partial charge in [-0.3, -0.25) is 4.31 Å². The Morgan fingerprint density at radius 2 is 2.00 bits per heavy atom. The predicted octanol–water partition coefficient (Wildman–Crippen LogP) is 1.12. The van der Waals surface area contributed by atoms with Gasteiger partial charge in [-0.05, 0) is 31.5 Å². The van der Waals surface area contributed by atoms with Gasteiger partial charge >= 0.3 is 0 Å². The maximum absolute atomic E-state index is 12.2. The van der Waals surface area contributed by atoms with Crippen LogP contribution in [-0.2, 0) is 10.0 Å². The summed E-state index contributed by atoms with van der Waals surface area (Å²) in [6, 6.07) is 7.63. The van der Waals surface area contributed by atoms with Gasteiger partial charge in [0.2, 0.25) is 10.0 Å². The lowest BCUT2D eigenvalue weighted by Crippen LogP contribution is -2.41. The van der Waals surface area contributed by atoms with Crippen LogP contribution in [0.1, 0.15) is 12.0 Å². The number of rotatable bonds is 1. The molecule has 0 bridgehead atoms. The van der Waals surface area contributed by atoms with Gasteiger partial charge in [0.25, 0.3) is 0 Å². The third-order valence-electron chi connectivity index (χ3n) is 2.97. The van der Waals surface area contributed by atoms with Crippen molar-refractivity contribution in [2.24, 2.45) is 0 Å². The van der Waals surface area contributed by atoms with Crippen LogP contribution in [0.15, 0.2) is 24.3 Å². The molecule has 0 aromatic heterocycles. The van der Waals surface area contributed by atoms with Crippen LogP contribution in [0, 0.1) is 6.92 Å². The summed E-state index contributed by atoms with van der Waals surface area (Å²) >= 11 is 0. The minimum Gasteiger partial charge on any atom is -0.316 e. The van der Waals surface area contributed by atoms with E-state index in [4.69, 9.17) is 0 Å². The van der Waals surface area contributed by atoms with Crippen LogP contribution in [0.5, 0.6) is 0 Å². The Balaban J connectivity index is 2.36. The van der Waals surface area contributed by atoms with E-state index in [9.17, 15) is 8.42 Å². The molecule has 0 radical (unpaired) electrons. The van der Waals surface area contributed by atoms with E-state index in [0.29, 0.717) is 13.1 Å². The third-order valence-corrected chi connectivity index (χ3v) is 4.74. The van der Waals surface area contributed by atoms with Crippen LogP contribution in [0.25, 0.3) is 0 Å². The number of sulfonamides is 1. The molecule has 1 aromatic carbocycles. The molecule has 1 aliphatic heterocycles. The monoisotopic (exact) mass is 254 g/mol. The van der Waals surface area contributed by atoms with Crippen molar-refractivity contribution in [1.82, 2.24) is 5.32 Å². The summed E-state index contributed by atoms with van der Waals surface area (Å²) in [5.74, 6) is 0.168. The Morgan fingerprint density at radius 3 is 2.76 bits per heavy atom. The van der Waals surface area contributed by atoms with Gasteiger partial charge < -0.3 is 5.32 Å². The number of benzene rings is 1. The average Bonchev–Trinajstić information content (AvgIpc) is 2.27. The smallest absolute Gasteiger partial charge is 0.236 e. The summed E-state index contributed by atoms with van der Waals surface area (Å²) in [7, 11) is -3.19. The zero-order valence-electron chi connectivity index (χ0n) is 10.0. The summed E-state index contributed by atoms with van der Waals surface area (Å²) in [6.45, 7) is 3.91. The molecule has 0 aliphatic carbocycles. The normalized spacial score (nSPS) is 20.6. The molecule has 0 atom stereocenters. The topological polar surface area (TPSA) is 49.4 Å². The Labute approximate surface area is 103 Å². The van der Waals surface area contributed by atoms with Gasteiger partial charge in [-0.1, -0.05) is 18.2 Å². The molecule has 17 heavy (non-hydrogen) atoms. The lowest BCUT2D eigenvalue weighted by Gasteiger charge is -2.27. The summed E-state index contributed by atoms with van der Waals surface area (Å²) in [5.41, 5.74) is 1.82. The fraction of sp³-hybridized carbons (Fsp3) is 0.500. The van der Waals surface area contributed by atoms with Crippen molar-refractivity contribution in [3.8, 4) is 0 Å². The minimum atomic E-state index is -3.19. The van der Waals surface area contributed by atoms with Crippen molar-refractivity contribution in [2.75, 3.05) is 29.7 Å². The van der Waals surface area contributed by atoms with Gasteiger partial charge in [-0.25, -0.2) is 8.42 Å². The second-order valence-corrected chi connectivity index (χ2v) is 6.29. The number of hydrogen-bond acceptors (Lipinski definition) is 3. The Morgan fingerprint density at radius 1 is 1.24 bits per heavy atom. The van der Waals surface area contributed by atoms with E-state index < -0.39 is 10.0 Å². The first-order valence-electron chi connectivity index (χ1n) is 5.88. The second kappa shape index (κ2) is 5.06. The first-order chi connectivity index (χ1) is 8.11. The number of nitrogens with one attached hydrogen (secondary N) is 1. The van der Waals surface area contributed by atoms with Crippen molar-refractivity contribution in [3.05, 3.63) is 29.8 Å². The lowest BCUT2D eigenvalue weighted by molar-refractivity contribution is 0.572. The SMILES string of the molecule is Cc1ccccc1N1CCCNCCS1(=O)=O. The molecular formula is C12H18N2O2S. The van der Waals surface area contributed by atoms with E-state index in [1.165, 1.54) is 0 Å². The van der Waals surface area contributed by atoms with E-state index in [0.717, 1.165) is 24.2 Å². The molecule has 1 N–H and O–H groups in total. The highest BCUT2D eigenvalue weighted by Crippen LogP contribution is 2.23. The number of para-hydroxylation sites is 1. The van der Waals surface area contributed by atoms with E-state index in [2.05, 4.69) is 5.32 Å². The van der Waals surface area contributed by atoms with E-state index >= 15 is 0 Å². The molecule has 1 heterocycles. The van der Waals surface area contributed by atoms with Crippen LogP contribution in [0.3, 0.4) is 0 Å². The van der Waals surface area contributed by atoms with Crippen molar-refractivity contribution < 1.29 is 8.42 Å². The van der Waals surface area contributed by atoms with Gasteiger partial charge in [0.1, 0.15) is 0 Å². The number of anilines is 1. The molecule has 1 saturated heterocycles. The van der Waals surface area contributed by atoms with E-state index in [-0.39, 0.29) is 5.75 Å². The van der Waals surface area contributed by atoms with Crippen LogP contribution >= 0.6 is 0 Å². The van der Waals surface area contributed by atoms with E-state index in [1.54, 1.807) is 4.31 Å². The summed E-state index contributed by atoms with van der Waals surface area (Å²) in [4.78, 5) is 0. The molecule has 1 aromatic rings. The summed E-state index contributed by atoms with van der Waals surface area (Å²) < 4.78 is 25.9. The maximum atomic E-state index is 12.2. The number of nitrogens with zero attached hydrogens (tertiary/aromatic N) is 1. The van der Waals surface area contributed by atoms with Gasteiger partial charge in [-0.2, -0.15) is 0 Å².